The third kappa shape index (κ3) is 4.14. The van der Waals surface area contributed by atoms with Gasteiger partial charge in [0.2, 0.25) is 0 Å². The first-order chi connectivity index (χ1) is 12.6. The smallest absolute Gasteiger partial charge is 0.339 e. The molecule has 2 aromatic rings. The molecule has 2 heterocycles. The molecule has 0 radical (unpaired) electrons. The highest BCUT2D eigenvalue weighted by Crippen LogP contribution is 2.30. The Kier molecular flexibility index (Phi) is 5.40. The first-order valence-corrected chi connectivity index (χ1v) is 8.41. The number of nitrogens with zero attached hydrogens (tertiary/aromatic N) is 1. The number of carbonyl (C=O) groups excluding carboxylic acids is 2. The summed E-state index contributed by atoms with van der Waals surface area (Å²) in [5, 5.41) is 6.25. The lowest BCUT2D eigenvalue weighted by Gasteiger charge is -2.15. The molecule has 3 rings (SSSR count). The summed E-state index contributed by atoms with van der Waals surface area (Å²) >= 11 is 0. The van der Waals surface area contributed by atoms with E-state index < -0.39 is 18.0 Å². The molecule has 1 unspecified atom stereocenters. The van der Waals surface area contributed by atoms with Crippen molar-refractivity contribution in [3.8, 4) is 11.5 Å². The van der Waals surface area contributed by atoms with Gasteiger partial charge in [-0.1, -0.05) is 12.1 Å². The lowest BCUT2D eigenvalue weighted by Crippen LogP contribution is -2.32. The third-order valence-corrected chi connectivity index (χ3v) is 3.77. The predicted octanol–water partition coefficient (Wildman–Crippen LogP) is 2.72. The van der Waals surface area contributed by atoms with Crippen LogP contribution in [0.2, 0.25) is 0 Å². The Bertz CT molecular complexity index is 801. The first kappa shape index (κ1) is 17.8. The zero-order valence-electron chi connectivity index (χ0n) is 14.6. The number of aryl methyl sites for hydroxylation is 1. The van der Waals surface area contributed by atoms with Gasteiger partial charge in [-0.15, -0.1) is 0 Å². The van der Waals surface area contributed by atoms with E-state index in [0.29, 0.717) is 36.9 Å². The molecule has 1 aromatic heterocycles. The zero-order chi connectivity index (χ0) is 18.5. The third-order valence-electron chi connectivity index (χ3n) is 3.77. The first-order valence-electron chi connectivity index (χ1n) is 8.41. The molecule has 1 amide bonds. The molecule has 0 aliphatic carbocycles. The Hall–Kier alpha value is -3.03. The molecule has 26 heavy (non-hydrogen) atoms. The number of esters is 1. The fraction of sp³-hybridized carbons (Fsp3) is 0.389. The van der Waals surface area contributed by atoms with Crippen molar-refractivity contribution in [2.75, 3.05) is 18.5 Å². The number of rotatable bonds is 5. The maximum atomic E-state index is 12.4. The fourth-order valence-electron chi connectivity index (χ4n) is 2.44. The molecule has 1 aliphatic heterocycles. The van der Waals surface area contributed by atoms with Crippen LogP contribution in [0.3, 0.4) is 0 Å². The SMILES string of the molecule is CCC(OC(=O)c1ccc2c(c1)OCCCO2)C(=O)Nc1cc(C)on1. The summed E-state index contributed by atoms with van der Waals surface area (Å²) in [7, 11) is 0. The number of hydrogen-bond donors (Lipinski definition) is 1. The molecule has 0 bridgehead atoms. The summed E-state index contributed by atoms with van der Waals surface area (Å²) in [6.07, 6.45) is 0.142. The largest absolute Gasteiger partial charge is 0.490 e. The van der Waals surface area contributed by atoms with Crippen LogP contribution in [-0.2, 0) is 9.53 Å². The van der Waals surface area contributed by atoms with Gasteiger partial charge in [0, 0.05) is 12.5 Å². The molecule has 138 valence electrons. The van der Waals surface area contributed by atoms with Gasteiger partial charge in [-0.3, -0.25) is 4.79 Å². The molecule has 1 aromatic carbocycles. The number of anilines is 1. The van der Waals surface area contributed by atoms with Crippen molar-refractivity contribution in [1.82, 2.24) is 5.16 Å². The fourth-order valence-corrected chi connectivity index (χ4v) is 2.44. The summed E-state index contributed by atoms with van der Waals surface area (Å²) < 4.78 is 21.3. The van der Waals surface area contributed by atoms with E-state index in [-0.39, 0.29) is 11.4 Å². The molecular weight excluding hydrogens is 340 g/mol. The summed E-state index contributed by atoms with van der Waals surface area (Å²) in [5.41, 5.74) is 0.290. The minimum absolute atomic E-state index is 0.276. The lowest BCUT2D eigenvalue weighted by molar-refractivity contribution is -0.124. The average Bonchev–Trinajstić information content (AvgIpc) is 2.90. The maximum Gasteiger partial charge on any atom is 0.339 e. The van der Waals surface area contributed by atoms with Crippen LogP contribution in [0.25, 0.3) is 0 Å². The van der Waals surface area contributed by atoms with E-state index in [1.165, 1.54) is 0 Å². The second kappa shape index (κ2) is 7.90. The second-order valence-corrected chi connectivity index (χ2v) is 5.83. The van der Waals surface area contributed by atoms with E-state index in [1.54, 1.807) is 38.1 Å². The van der Waals surface area contributed by atoms with Crippen LogP contribution in [0, 0.1) is 6.92 Å². The van der Waals surface area contributed by atoms with Crippen molar-refractivity contribution in [3.63, 3.8) is 0 Å². The minimum Gasteiger partial charge on any atom is -0.490 e. The molecule has 0 spiro atoms. The van der Waals surface area contributed by atoms with Crippen molar-refractivity contribution in [3.05, 3.63) is 35.6 Å². The predicted molar refractivity (Wildman–Crippen MR) is 91.4 cm³/mol. The number of hydrogen-bond acceptors (Lipinski definition) is 7. The lowest BCUT2D eigenvalue weighted by atomic mass is 10.2. The normalized spacial score (nSPS) is 14.2. The summed E-state index contributed by atoms with van der Waals surface area (Å²) in [6.45, 7) is 4.54. The molecule has 0 saturated carbocycles. The molecule has 8 nitrogen and oxygen atoms in total. The van der Waals surface area contributed by atoms with Gasteiger partial charge < -0.3 is 24.1 Å². The van der Waals surface area contributed by atoms with E-state index in [2.05, 4.69) is 10.5 Å². The van der Waals surface area contributed by atoms with Crippen molar-refractivity contribution < 1.29 is 28.3 Å². The molecule has 1 N–H and O–H groups in total. The van der Waals surface area contributed by atoms with Crippen LogP contribution in [0.1, 0.15) is 35.9 Å². The van der Waals surface area contributed by atoms with Gasteiger partial charge in [0.05, 0.1) is 18.8 Å². The number of fused-ring (bicyclic) bond motifs is 1. The van der Waals surface area contributed by atoms with E-state index >= 15 is 0 Å². The zero-order valence-corrected chi connectivity index (χ0v) is 14.6. The number of aromatic nitrogens is 1. The highest BCUT2D eigenvalue weighted by atomic mass is 16.5. The van der Waals surface area contributed by atoms with Gasteiger partial charge in [0.25, 0.3) is 5.91 Å². The molecule has 0 saturated heterocycles. The number of carbonyl (C=O) groups is 2. The van der Waals surface area contributed by atoms with Crippen molar-refractivity contribution in [2.24, 2.45) is 0 Å². The van der Waals surface area contributed by atoms with Gasteiger partial charge in [0.15, 0.2) is 23.4 Å². The van der Waals surface area contributed by atoms with Gasteiger partial charge >= 0.3 is 5.97 Å². The molecule has 1 atom stereocenters. The quantitative estimate of drug-likeness (QED) is 0.818. The molecule has 1 aliphatic rings. The van der Waals surface area contributed by atoms with E-state index in [1.807, 2.05) is 0 Å². The van der Waals surface area contributed by atoms with Crippen LogP contribution in [0.4, 0.5) is 5.82 Å². The topological polar surface area (TPSA) is 99.9 Å². The van der Waals surface area contributed by atoms with E-state index in [9.17, 15) is 9.59 Å². The van der Waals surface area contributed by atoms with Crippen molar-refractivity contribution >= 4 is 17.7 Å². The number of ether oxygens (including phenoxy) is 3. The van der Waals surface area contributed by atoms with Crippen LogP contribution < -0.4 is 14.8 Å². The van der Waals surface area contributed by atoms with Crippen LogP contribution in [0.5, 0.6) is 11.5 Å². The van der Waals surface area contributed by atoms with Crippen LogP contribution >= 0.6 is 0 Å². The van der Waals surface area contributed by atoms with Gasteiger partial charge in [0.1, 0.15) is 5.76 Å². The molecule has 0 fully saturated rings. The van der Waals surface area contributed by atoms with Gasteiger partial charge in [-0.2, -0.15) is 0 Å². The number of amides is 1. The average molecular weight is 360 g/mol. The highest BCUT2D eigenvalue weighted by molar-refractivity contribution is 5.97. The monoisotopic (exact) mass is 360 g/mol. The molecule has 8 heteroatoms. The second-order valence-electron chi connectivity index (χ2n) is 5.83. The van der Waals surface area contributed by atoms with Crippen LogP contribution in [0.15, 0.2) is 28.8 Å². The number of nitrogens with one attached hydrogen (secondary N) is 1. The Morgan fingerprint density at radius 2 is 2.00 bits per heavy atom. The van der Waals surface area contributed by atoms with E-state index in [0.717, 1.165) is 6.42 Å². The van der Waals surface area contributed by atoms with Crippen molar-refractivity contribution in [1.29, 1.82) is 0 Å². The van der Waals surface area contributed by atoms with E-state index in [4.69, 9.17) is 18.7 Å². The maximum absolute atomic E-state index is 12.4. The van der Waals surface area contributed by atoms with Crippen LogP contribution in [-0.4, -0.2) is 36.4 Å². The van der Waals surface area contributed by atoms with Crippen molar-refractivity contribution in [2.45, 2.75) is 32.8 Å². The van der Waals surface area contributed by atoms with Gasteiger partial charge in [-0.05, 0) is 31.5 Å². The Balaban J connectivity index is 1.67. The molecular formula is C18H20N2O6. The standard InChI is InChI=1S/C18H20N2O6/c1-3-13(17(21)19-16-9-11(2)26-20-16)25-18(22)12-5-6-14-15(10-12)24-8-4-7-23-14/h5-6,9-10,13H,3-4,7-8H2,1-2H3,(H,19,20,21). The Labute approximate surface area is 150 Å². The summed E-state index contributed by atoms with van der Waals surface area (Å²) in [6, 6.07) is 6.39. The number of benzene rings is 1. The highest BCUT2D eigenvalue weighted by Gasteiger charge is 2.24. The van der Waals surface area contributed by atoms with Gasteiger partial charge in [-0.25, -0.2) is 4.79 Å². The minimum atomic E-state index is -0.949. The summed E-state index contributed by atoms with van der Waals surface area (Å²) in [4.78, 5) is 24.7. The summed E-state index contributed by atoms with van der Waals surface area (Å²) in [5.74, 6) is 0.843. The Morgan fingerprint density at radius 1 is 1.23 bits per heavy atom. The Morgan fingerprint density at radius 3 is 2.69 bits per heavy atom.